The molecule has 0 radical (unpaired) electrons. The van der Waals surface area contributed by atoms with E-state index in [0.29, 0.717) is 0 Å². The zero-order valence-corrected chi connectivity index (χ0v) is 12.7. The summed E-state index contributed by atoms with van der Waals surface area (Å²) in [6, 6.07) is 19.0. The number of hydrogen-bond donors (Lipinski definition) is 1. The van der Waals surface area contributed by atoms with E-state index in [9.17, 15) is 0 Å². The predicted molar refractivity (Wildman–Crippen MR) is 91.3 cm³/mol. The first-order valence-electron chi connectivity index (χ1n) is 7.77. The minimum Gasteiger partial charge on any atom is -0.356 e. The molecule has 0 bridgehead atoms. The summed E-state index contributed by atoms with van der Waals surface area (Å²) in [6.45, 7) is 1.05. The Morgan fingerprint density at radius 3 is 2.36 bits per heavy atom. The molecule has 0 aliphatic carbocycles. The summed E-state index contributed by atoms with van der Waals surface area (Å²) in [5.74, 6) is 0. The van der Waals surface area contributed by atoms with Crippen molar-refractivity contribution < 1.29 is 0 Å². The molecular weight excluding hydrogens is 270 g/mol. The van der Waals surface area contributed by atoms with Gasteiger partial charge in [0, 0.05) is 30.3 Å². The molecule has 0 amide bonds. The van der Waals surface area contributed by atoms with Gasteiger partial charge in [-0.1, -0.05) is 30.3 Å². The largest absolute Gasteiger partial charge is 0.356 e. The molecule has 0 saturated heterocycles. The van der Waals surface area contributed by atoms with Gasteiger partial charge in [-0.3, -0.25) is 0 Å². The number of unbranched alkanes of at least 4 members (excludes halogenated alkanes) is 1. The summed E-state index contributed by atoms with van der Waals surface area (Å²) in [5, 5.41) is 3.41. The number of para-hydroxylation sites is 1. The van der Waals surface area contributed by atoms with Gasteiger partial charge in [-0.05, 0) is 49.1 Å². The number of hydrogen-bond acceptors (Lipinski definition) is 2. The highest BCUT2D eigenvalue weighted by molar-refractivity contribution is 5.59. The van der Waals surface area contributed by atoms with E-state index in [2.05, 4.69) is 51.3 Å². The van der Waals surface area contributed by atoms with Crippen LogP contribution < -0.4 is 5.32 Å². The molecule has 3 heteroatoms. The van der Waals surface area contributed by atoms with Crippen molar-refractivity contribution in [3.63, 3.8) is 0 Å². The maximum absolute atomic E-state index is 4.06. The van der Waals surface area contributed by atoms with Crippen LogP contribution in [0.4, 0.5) is 11.4 Å². The number of benzene rings is 2. The fourth-order valence-corrected chi connectivity index (χ4v) is 2.49. The van der Waals surface area contributed by atoms with Crippen molar-refractivity contribution in [1.82, 2.24) is 9.55 Å². The molecule has 0 spiro atoms. The van der Waals surface area contributed by atoms with Crippen LogP contribution in [0.2, 0.25) is 0 Å². The topological polar surface area (TPSA) is 29.9 Å². The number of imidazole rings is 1. The first kappa shape index (κ1) is 14.4. The molecule has 0 fully saturated rings. The minimum absolute atomic E-state index is 1.05. The number of nitrogens with zero attached hydrogens (tertiary/aromatic N) is 2. The van der Waals surface area contributed by atoms with E-state index < -0.39 is 0 Å². The van der Waals surface area contributed by atoms with Crippen molar-refractivity contribution in [2.24, 2.45) is 0 Å². The maximum Gasteiger partial charge on any atom is 0.0945 e. The molecule has 1 aromatic heterocycles. The number of aromatic nitrogens is 2. The van der Waals surface area contributed by atoms with Crippen LogP contribution in [0.15, 0.2) is 73.3 Å². The standard InChI is InChI=1S/C19H21N3/c1-2-7-18(8-3-1)21-19-11-9-17(10-12-19)6-4-5-14-22-15-13-20-16-22/h1-3,7-13,15-16,21H,4-6,14H2. The average molecular weight is 291 g/mol. The van der Waals surface area contributed by atoms with Gasteiger partial charge in [-0.15, -0.1) is 0 Å². The molecule has 3 nitrogen and oxygen atoms in total. The van der Waals surface area contributed by atoms with Crippen molar-refractivity contribution in [1.29, 1.82) is 0 Å². The van der Waals surface area contributed by atoms with E-state index >= 15 is 0 Å². The van der Waals surface area contributed by atoms with Crippen LogP contribution in [0.3, 0.4) is 0 Å². The molecule has 0 aliphatic heterocycles. The van der Waals surface area contributed by atoms with Gasteiger partial charge in [0.15, 0.2) is 0 Å². The highest BCUT2D eigenvalue weighted by Gasteiger charge is 1.97. The van der Waals surface area contributed by atoms with Gasteiger partial charge in [0.1, 0.15) is 0 Å². The molecule has 1 N–H and O–H groups in total. The monoisotopic (exact) mass is 291 g/mol. The lowest BCUT2D eigenvalue weighted by Gasteiger charge is -2.07. The Bertz CT molecular complexity index is 658. The van der Waals surface area contributed by atoms with Gasteiger partial charge in [-0.2, -0.15) is 0 Å². The van der Waals surface area contributed by atoms with Gasteiger partial charge in [-0.25, -0.2) is 4.98 Å². The summed E-state index contributed by atoms with van der Waals surface area (Å²) < 4.78 is 2.13. The van der Waals surface area contributed by atoms with E-state index in [0.717, 1.165) is 24.3 Å². The Kier molecular flexibility index (Phi) is 4.88. The first-order valence-corrected chi connectivity index (χ1v) is 7.77. The Morgan fingerprint density at radius 2 is 1.64 bits per heavy atom. The minimum atomic E-state index is 1.05. The molecular formula is C19H21N3. The zero-order valence-electron chi connectivity index (χ0n) is 12.7. The number of nitrogens with one attached hydrogen (secondary N) is 1. The molecule has 0 atom stereocenters. The van der Waals surface area contributed by atoms with Crippen LogP contribution in [0.25, 0.3) is 0 Å². The number of rotatable bonds is 7. The fourth-order valence-electron chi connectivity index (χ4n) is 2.49. The lowest BCUT2D eigenvalue weighted by molar-refractivity contribution is 0.609. The Labute approximate surface area is 131 Å². The van der Waals surface area contributed by atoms with Gasteiger partial charge >= 0.3 is 0 Å². The summed E-state index contributed by atoms with van der Waals surface area (Å²) in [4.78, 5) is 4.06. The van der Waals surface area contributed by atoms with Crippen LogP contribution in [0.5, 0.6) is 0 Å². The van der Waals surface area contributed by atoms with Crippen LogP contribution in [-0.4, -0.2) is 9.55 Å². The SMILES string of the molecule is c1ccc(Nc2ccc(CCCCn3ccnc3)cc2)cc1. The Hall–Kier alpha value is -2.55. The van der Waals surface area contributed by atoms with Gasteiger partial charge in [0.05, 0.1) is 6.33 Å². The second-order valence-corrected chi connectivity index (χ2v) is 5.45. The summed E-state index contributed by atoms with van der Waals surface area (Å²) in [6.07, 6.45) is 9.23. The van der Waals surface area contributed by atoms with Crippen molar-refractivity contribution in [2.75, 3.05) is 5.32 Å². The molecule has 22 heavy (non-hydrogen) atoms. The maximum atomic E-state index is 4.06. The van der Waals surface area contributed by atoms with E-state index in [1.807, 2.05) is 36.9 Å². The molecule has 3 aromatic rings. The van der Waals surface area contributed by atoms with Crippen LogP contribution in [0, 0.1) is 0 Å². The average Bonchev–Trinajstić information content (AvgIpc) is 3.07. The lowest BCUT2D eigenvalue weighted by atomic mass is 10.1. The smallest absolute Gasteiger partial charge is 0.0945 e. The fraction of sp³-hybridized carbons (Fsp3) is 0.211. The van der Waals surface area contributed by atoms with Gasteiger partial charge < -0.3 is 9.88 Å². The predicted octanol–water partition coefficient (Wildman–Crippen LogP) is 4.65. The third-order valence-corrected chi connectivity index (χ3v) is 3.71. The van der Waals surface area contributed by atoms with Crippen LogP contribution in [0.1, 0.15) is 18.4 Å². The van der Waals surface area contributed by atoms with Gasteiger partial charge in [0.25, 0.3) is 0 Å². The van der Waals surface area contributed by atoms with Crippen molar-refractivity contribution in [2.45, 2.75) is 25.8 Å². The number of aryl methyl sites for hydroxylation is 2. The summed E-state index contributed by atoms with van der Waals surface area (Å²) in [7, 11) is 0. The van der Waals surface area contributed by atoms with E-state index in [4.69, 9.17) is 0 Å². The molecule has 0 aliphatic rings. The highest BCUT2D eigenvalue weighted by atomic mass is 15.0. The highest BCUT2D eigenvalue weighted by Crippen LogP contribution is 2.17. The molecule has 1 heterocycles. The van der Waals surface area contributed by atoms with E-state index in [-0.39, 0.29) is 0 Å². The molecule has 2 aromatic carbocycles. The normalized spacial score (nSPS) is 10.5. The van der Waals surface area contributed by atoms with Crippen LogP contribution in [-0.2, 0) is 13.0 Å². The third-order valence-electron chi connectivity index (χ3n) is 3.71. The van der Waals surface area contributed by atoms with E-state index in [1.165, 1.54) is 18.4 Å². The quantitative estimate of drug-likeness (QED) is 0.642. The summed E-state index contributed by atoms with van der Waals surface area (Å²) in [5.41, 5.74) is 3.65. The Morgan fingerprint density at radius 1 is 0.864 bits per heavy atom. The second kappa shape index (κ2) is 7.46. The van der Waals surface area contributed by atoms with Crippen molar-refractivity contribution >= 4 is 11.4 Å². The van der Waals surface area contributed by atoms with Crippen LogP contribution >= 0.6 is 0 Å². The lowest BCUT2D eigenvalue weighted by Crippen LogP contribution is -1.96. The third kappa shape index (κ3) is 4.22. The molecule has 0 saturated carbocycles. The van der Waals surface area contributed by atoms with Gasteiger partial charge in [0.2, 0.25) is 0 Å². The first-order chi connectivity index (χ1) is 10.9. The second-order valence-electron chi connectivity index (χ2n) is 5.45. The summed E-state index contributed by atoms with van der Waals surface area (Å²) >= 11 is 0. The number of anilines is 2. The van der Waals surface area contributed by atoms with Crippen molar-refractivity contribution in [3.8, 4) is 0 Å². The van der Waals surface area contributed by atoms with E-state index in [1.54, 1.807) is 0 Å². The molecule has 3 rings (SSSR count). The Balaban J connectivity index is 1.45. The van der Waals surface area contributed by atoms with Crippen molar-refractivity contribution in [3.05, 3.63) is 78.9 Å². The molecule has 0 unspecified atom stereocenters. The molecule has 112 valence electrons. The zero-order chi connectivity index (χ0) is 15.0.